The zero-order valence-corrected chi connectivity index (χ0v) is 20.7. The third-order valence-corrected chi connectivity index (χ3v) is 8.02. The Kier molecular flexibility index (Phi) is 5.33. The summed E-state index contributed by atoms with van der Waals surface area (Å²) >= 11 is 7.75. The van der Waals surface area contributed by atoms with Gasteiger partial charge in [-0.1, -0.05) is 38.4 Å². The lowest BCUT2D eigenvalue weighted by Crippen LogP contribution is -2.28. The van der Waals surface area contributed by atoms with Crippen LogP contribution in [0, 0.1) is 18.3 Å². The fourth-order valence-corrected chi connectivity index (χ4v) is 6.03. The molecule has 3 aromatic heterocycles. The van der Waals surface area contributed by atoms with Gasteiger partial charge in [-0.05, 0) is 60.8 Å². The molecule has 0 radical (unpaired) electrons. The first kappa shape index (κ1) is 22.1. The number of aromatic nitrogens is 4. The van der Waals surface area contributed by atoms with Gasteiger partial charge in [-0.25, -0.2) is 18.9 Å². The maximum Gasteiger partial charge on any atom is 0.352 e. The van der Waals surface area contributed by atoms with E-state index in [0.717, 1.165) is 35.0 Å². The number of nitrogens with one attached hydrogen (secondary N) is 1. The molecule has 1 aliphatic rings. The van der Waals surface area contributed by atoms with E-state index in [1.807, 2.05) is 13.0 Å². The quantitative estimate of drug-likeness (QED) is 0.451. The van der Waals surface area contributed by atoms with Gasteiger partial charge >= 0.3 is 5.69 Å². The zero-order chi connectivity index (χ0) is 23.5. The molecule has 0 unspecified atom stereocenters. The SMILES string of the molecule is Cc1ccc(Cl)cc1NC(=O)Cn1nc2c3c4c(sc3ncn2c1=O)C[C@H](C(C)(C)C)CC4. The smallest absolute Gasteiger partial charge is 0.324 e. The number of aryl methyl sites for hydroxylation is 2. The van der Waals surface area contributed by atoms with E-state index >= 15 is 0 Å². The molecule has 7 nitrogen and oxygen atoms in total. The Labute approximate surface area is 200 Å². The first-order valence-electron chi connectivity index (χ1n) is 11.1. The fraction of sp³-hybridized carbons (Fsp3) is 0.417. The lowest BCUT2D eigenvalue weighted by atomic mass is 9.72. The number of amides is 1. The molecule has 1 N–H and O–H groups in total. The molecular formula is C24H26ClN5O2S. The topological polar surface area (TPSA) is 81.3 Å². The van der Waals surface area contributed by atoms with Gasteiger partial charge < -0.3 is 5.32 Å². The van der Waals surface area contributed by atoms with Gasteiger partial charge in [0.15, 0.2) is 5.65 Å². The number of carbonyl (C=O) groups is 1. The maximum absolute atomic E-state index is 13.0. The number of thiophene rings is 1. The molecule has 0 fully saturated rings. The molecule has 1 amide bonds. The number of carbonyl (C=O) groups excluding carboxylic acids is 1. The van der Waals surface area contributed by atoms with Crippen LogP contribution in [0.1, 0.15) is 43.2 Å². The van der Waals surface area contributed by atoms with Gasteiger partial charge in [0.1, 0.15) is 17.7 Å². The molecule has 1 aromatic carbocycles. The van der Waals surface area contributed by atoms with Crippen molar-refractivity contribution in [2.24, 2.45) is 11.3 Å². The molecule has 1 atom stereocenters. The van der Waals surface area contributed by atoms with Crippen LogP contribution in [-0.2, 0) is 24.2 Å². The summed E-state index contributed by atoms with van der Waals surface area (Å²) < 4.78 is 2.65. The lowest BCUT2D eigenvalue weighted by molar-refractivity contribution is -0.117. The molecule has 0 bridgehead atoms. The van der Waals surface area contributed by atoms with Crippen molar-refractivity contribution < 1.29 is 4.79 Å². The van der Waals surface area contributed by atoms with E-state index in [2.05, 4.69) is 36.2 Å². The number of anilines is 1. The van der Waals surface area contributed by atoms with Crippen molar-refractivity contribution in [2.75, 3.05) is 5.32 Å². The van der Waals surface area contributed by atoms with Crippen LogP contribution in [0.5, 0.6) is 0 Å². The molecule has 0 spiro atoms. The van der Waals surface area contributed by atoms with Crippen LogP contribution in [-0.4, -0.2) is 25.1 Å². The summed E-state index contributed by atoms with van der Waals surface area (Å²) in [5.41, 5.74) is 3.21. The molecule has 4 aromatic rings. The Morgan fingerprint density at radius 3 is 2.88 bits per heavy atom. The molecule has 0 saturated carbocycles. The summed E-state index contributed by atoms with van der Waals surface area (Å²) in [6.45, 7) is 8.58. The van der Waals surface area contributed by atoms with Crippen LogP contribution in [0.25, 0.3) is 15.9 Å². The largest absolute Gasteiger partial charge is 0.352 e. The minimum absolute atomic E-state index is 0.188. The van der Waals surface area contributed by atoms with Crippen molar-refractivity contribution in [3.63, 3.8) is 0 Å². The minimum Gasteiger partial charge on any atom is -0.324 e. The highest BCUT2D eigenvalue weighted by Crippen LogP contribution is 2.43. The maximum atomic E-state index is 13.0. The van der Waals surface area contributed by atoms with Crippen molar-refractivity contribution in [2.45, 2.75) is 53.5 Å². The monoisotopic (exact) mass is 483 g/mol. The third-order valence-electron chi connectivity index (χ3n) is 6.62. The molecular weight excluding hydrogens is 458 g/mol. The van der Waals surface area contributed by atoms with Gasteiger partial charge in [0, 0.05) is 15.6 Å². The predicted octanol–water partition coefficient (Wildman–Crippen LogP) is 4.86. The summed E-state index contributed by atoms with van der Waals surface area (Å²) in [6.07, 6.45) is 4.61. The van der Waals surface area contributed by atoms with Crippen LogP contribution in [0.15, 0.2) is 29.3 Å². The van der Waals surface area contributed by atoms with Crippen molar-refractivity contribution in [3.8, 4) is 0 Å². The summed E-state index contributed by atoms with van der Waals surface area (Å²) in [6, 6.07) is 5.29. The highest BCUT2D eigenvalue weighted by atomic mass is 35.5. The van der Waals surface area contributed by atoms with E-state index in [0.29, 0.717) is 22.3 Å². The van der Waals surface area contributed by atoms with Crippen molar-refractivity contribution in [1.82, 2.24) is 19.2 Å². The molecule has 9 heteroatoms. The molecule has 0 saturated heterocycles. The molecule has 1 aliphatic carbocycles. The average Bonchev–Trinajstić information content (AvgIpc) is 3.27. The number of fused-ring (bicyclic) bond motifs is 5. The molecule has 3 heterocycles. The number of hydrogen-bond acceptors (Lipinski definition) is 5. The van der Waals surface area contributed by atoms with Crippen LogP contribution < -0.4 is 11.0 Å². The van der Waals surface area contributed by atoms with Crippen LogP contribution in [0.2, 0.25) is 5.02 Å². The van der Waals surface area contributed by atoms with E-state index in [9.17, 15) is 9.59 Å². The Morgan fingerprint density at radius 1 is 1.33 bits per heavy atom. The van der Waals surface area contributed by atoms with E-state index in [4.69, 9.17) is 11.6 Å². The second-order valence-corrected chi connectivity index (χ2v) is 11.4. The Hall–Kier alpha value is -2.71. The summed E-state index contributed by atoms with van der Waals surface area (Å²) in [4.78, 5) is 32.5. The predicted molar refractivity (Wildman–Crippen MR) is 132 cm³/mol. The molecule has 33 heavy (non-hydrogen) atoms. The first-order valence-corrected chi connectivity index (χ1v) is 12.3. The standard InChI is InChI=1S/C24H26ClN5O2S/c1-13-5-7-15(25)10-17(13)27-19(31)11-30-23(32)29-12-26-22-20(21(29)28-30)16-8-6-14(24(2,3)4)9-18(16)33-22/h5,7,10,12,14H,6,8-9,11H2,1-4H3,(H,27,31)/t14-/m1/s1. The van der Waals surface area contributed by atoms with Crippen LogP contribution in [0.3, 0.4) is 0 Å². The molecule has 172 valence electrons. The van der Waals surface area contributed by atoms with E-state index in [1.165, 1.54) is 25.9 Å². The second-order valence-electron chi connectivity index (χ2n) is 9.88. The van der Waals surface area contributed by atoms with Crippen molar-refractivity contribution in [1.29, 1.82) is 0 Å². The van der Waals surface area contributed by atoms with E-state index in [-0.39, 0.29) is 23.6 Å². The van der Waals surface area contributed by atoms with Crippen molar-refractivity contribution >= 4 is 50.4 Å². The average molecular weight is 484 g/mol. The number of rotatable bonds is 3. The third kappa shape index (κ3) is 3.95. The van der Waals surface area contributed by atoms with Gasteiger partial charge in [-0.3, -0.25) is 4.79 Å². The molecule has 0 aliphatic heterocycles. The Morgan fingerprint density at radius 2 is 2.12 bits per heavy atom. The van der Waals surface area contributed by atoms with E-state index in [1.54, 1.807) is 23.5 Å². The van der Waals surface area contributed by atoms with Gasteiger partial charge in [-0.2, -0.15) is 0 Å². The summed E-state index contributed by atoms with van der Waals surface area (Å²) in [5, 5.41) is 8.87. The second kappa shape index (κ2) is 7.95. The highest BCUT2D eigenvalue weighted by molar-refractivity contribution is 7.19. The molecule has 5 rings (SSSR count). The first-order chi connectivity index (χ1) is 15.6. The zero-order valence-electron chi connectivity index (χ0n) is 19.1. The van der Waals surface area contributed by atoms with Gasteiger partial charge in [0.25, 0.3) is 0 Å². The van der Waals surface area contributed by atoms with Gasteiger partial charge in [0.2, 0.25) is 5.91 Å². The van der Waals surface area contributed by atoms with Crippen LogP contribution in [0.4, 0.5) is 5.69 Å². The Balaban J connectivity index is 1.49. The van der Waals surface area contributed by atoms with Crippen LogP contribution >= 0.6 is 22.9 Å². The highest BCUT2D eigenvalue weighted by Gasteiger charge is 2.32. The summed E-state index contributed by atoms with van der Waals surface area (Å²) in [7, 11) is 0. The van der Waals surface area contributed by atoms with E-state index < -0.39 is 0 Å². The number of hydrogen-bond donors (Lipinski definition) is 1. The van der Waals surface area contributed by atoms with Gasteiger partial charge in [0.05, 0.1) is 5.39 Å². The normalized spacial score (nSPS) is 16.3. The van der Waals surface area contributed by atoms with Gasteiger partial charge in [-0.15, -0.1) is 16.4 Å². The number of benzene rings is 1. The van der Waals surface area contributed by atoms with Crippen molar-refractivity contribution in [3.05, 3.63) is 56.0 Å². The lowest BCUT2D eigenvalue weighted by Gasteiger charge is -2.33. The number of halogens is 1. The fourth-order valence-electron chi connectivity index (χ4n) is 4.59. The number of nitrogens with zero attached hydrogens (tertiary/aromatic N) is 4. The summed E-state index contributed by atoms with van der Waals surface area (Å²) in [5.74, 6) is 0.280. The minimum atomic E-state index is -0.374. The Bertz CT molecular complexity index is 1460.